The van der Waals surface area contributed by atoms with Gasteiger partial charge in [-0.25, -0.2) is 14.8 Å². The Hall–Kier alpha value is -3.81. The number of aryl methyl sites for hydroxylation is 2. The number of methoxy groups -OCH3 is 1. The fraction of sp³-hybridized carbons (Fsp3) is 0.261. The highest BCUT2D eigenvalue weighted by atomic mass is 16.5. The van der Waals surface area contributed by atoms with Crippen LogP contribution in [-0.4, -0.2) is 39.2 Å². The van der Waals surface area contributed by atoms with Crippen LogP contribution in [0.1, 0.15) is 29.7 Å². The number of H-pyrrole nitrogens is 1. The molecular weight excluding hydrogens is 392 g/mol. The number of nitrogens with zero attached hydrogens (tertiary/aromatic N) is 3. The van der Waals surface area contributed by atoms with Gasteiger partial charge in [0.25, 0.3) is 0 Å². The average molecular weight is 419 g/mol. The maximum absolute atomic E-state index is 12.6. The lowest BCUT2D eigenvalue weighted by atomic mass is 10.1. The van der Waals surface area contributed by atoms with Crippen LogP contribution in [0.2, 0.25) is 0 Å². The fourth-order valence-electron chi connectivity index (χ4n) is 3.54. The molecule has 0 bridgehead atoms. The lowest BCUT2D eigenvalue weighted by Crippen LogP contribution is -2.39. The van der Waals surface area contributed by atoms with E-state index in [-0.39, 0.29) is 6.03 Å². The second kappa shape index (κ2) is 9.34. The van der Waals surface area contributed by atoms with Crippen LogP contribution < -0.4 is 15.4 Å². The number of amides is 2. The van der Waals surface area contributed by atoms with E-state index in [1.165, 1.54) is 0 Å². The van der Waals surface area contributed by atoms with Crippen LogP contribution in [0.15, 0.2) is 60.9 Å². The van der Waals surface area contributed by atoms with Gasteiger partial charge in [0.05, 0.1) is 18.1 Å². The monoisotopic (exact) mass is 418 g/mol. The number of carbonyl (C=O) groups excluding carboxylic acids is 1. The van der Waals surface area contributed by atoms with Crippen LogP contribution >= 0.6 is 0 Å². The molecule has 0 radical (unpaired) electrons. The summed E-state index contributed by atoms with van der Waals surface area (Å²) in [6.07, 6.45) is 5.11. The summed E-state index contributed by atoms with van der Waals surface area (Å²) in [6.45, 7) is 0.536. The predicted molar refractivity (Wildman–Crippen MR) is 119 cm³/mol. The van der Waals surface area contributed by atoms with E-state index in [9.17, 15) is 4.79 Å². The molecule has 0 spiro atoms. The van der Waals surface area contributed by atoms with Crippen molar-refractivity contribution in [1.82, 2.24) is 30.2 Å². The van der Waals surface area contributed by atoms with Crippen molar-refractivity contribution < 1.29 is 9.53 Å². The van der Waals surface area contributed by atoms with E-state index in [0.29, 0.717) is 6.54 Å². The zero-order chi connectivity index (χ0) is 21.6. The van der Waals surface area contributed by atoms with Crippen LogP contribution in [0, 0.1) is 0 Å². The minimum atomic E-state index is -0.398. The molecule has 4 rings (SSSR count). The third-order valence-corrected chi connectivity index (χ3v) is 5.13. The molecule has 0 aliphatic rings. The second-order valence-electron chi connectivity index (χ2n) is 7.31. The third-order valence-electron chi connectivity index (χ3n) is 5.13. The molecule has 8 heteroatoms. The zero-order valence-corrected chi connectivity index (χ0v) is 17.6. The first-order chi connectivity index (χ1) is 15.1. The zero-order valence-electron chi connectivity index (χ0n) is 17.6. The van der Waals surface area contributed by atoms with E-state index in [2.05, 4.69) is 25.6 Å². The molecule has 1 atom stereocenters. The number of aromatic nitrogens is 4. The summed E-state index contributed by atoms with van der Waals surface area (Å²) in [7, 11) is 3.53. The molecular formula is C23H26N6O2. The van der Waals surface area contributed by atoms with Crippen LogP contribution in [0.25, 0.3) is 11.0 Å². The van der Waals surface area contributed by atoms with Crippen LogP contribution in [0.3, 0.4) is 0 Å². The summed E-state index contributed by atoms with van der Waals surface area (Å²) in [5.41, 5.74) is 2.88. The molecule has 0 aliphatic heterocycles. The Bertz CT molecular complexity index is 1130. The number of fused-ring (bicyclic) bond motifs is 1. The summed E-state index contributed by atoms with van der Waals surface area (Å²) >= 11 is 0. The number of imidazole rings is 2. The van der Waals surface area contributed by atoms with Gasteiger partial charge >= 0.3 is 6.03 Å². The van der Waals surface area contributed by atoms with Crippen LogP contribution in [0.4, 0.5) is 4.79 Å². The first-order valence-corrected chi connectivity index (χ1v) is 10.2. The maximum Gasteiger partial charge on any atom is 0.315 e. The first kappa shape index (κ1) is 20.5. The van der Waals surface area contributed by atoms with Gasteiger partial charge in [-0.3, -0.25) is 0 Å². The highest BCUT2D eigenvalue weighted by Crippen LogP contribution is 2.24. The Morgan fingerprint density at radius 2 is 2.10 bits per heavy atom. The van der Waals surface area contributed by atoms with Gasteiger partial charge in [0.2, 0.25) is 0 Å². The first-order valence-electron chi connectivity index (χ1n) is 10.2. The normalized spacial score (nSPS) is 11.9. The van der Waals surface area contributed by atoms with E-state index in [1.807, 2.05) is 66.3 Å². The summed E-state index contributed by atoms with van der Waals surface area (Å²) in [5, 5.41) is 5.97. The van der Waals surface area contributed by atoms with Gasteiger partial charge in [-0.05, 0) is 36.2 Å². The van der Waals surface area contributed by atoms with E-state index in [0.717, 1.165) is 46.8 Å². The molecule has 1 unspecified atom stereocenters. The topological polar surface area (TPSA) is 96.9 Å². The van der Waals surface area contributed by atoms with Gasteiger partial charge < -0.3 is 24.9 Å². The SMILES string of the molecule is COc1cccc(C(NC(=O)NCCCc2nc3ccccc3[nH]2)c2nccn2C)c1. The Morgan fingerprint density at radius 1 is 1.23 bits per heavy atom. The number of rotatable bonds is 8. The molecule has 160 valence electrons. The fourth-order valence-corrected chi connectivity index (χ4v) is 3.54. The average Bonchev–Trinajstić information content (AvgIpc) is 3.40. The summed E-state index contributed by atoms with van der Waals surface area (Å²) in [4.78, 5) is 24.9. The van der Waals surface area contributed by atoms with Gasteiger partial charge in [-0.2, -0.15) is 0 Å². The number of ether oxygens (including phenoxy) is 1. The Balaban J connectivity index is 1.36. The summed E-state index contributed by atoms with van der Waals surface area (Å²) in [6, 6.07) is 14.9. The number of hydrogen-bond acceptors (Lipinski definition) is 4. The molecule has 0 aliphatic carbocycles. The molecule has 8 nitrogen and oxygen atoms in total. The largest absolute Gasteiger partial charge is 0.497 e. The number of carbonyl (C=O) groups is 1. The van der Waals surface area contributed by atoms with Gasteiger partial charge in [0.15, 0.2) is 0 Å². The van der Waals surface area contributed by atoms with E-state index >= 15 is 0 Å². The minimum absolute atomic E-state index is 0.250. The maximum atomic E-state index is 12.6. The molecule has 31 heavy (non-hydrogen) atoms. The standard InChI is InChI=1S/C23H26N6O2/c1-29-14-13-24-22(29)21(16-7-5-8-17(15-16)31-2)28-23(30)25-12-6-11-20-26-18-9-3-4-10-19(18)27-20/h3-5,7-10,13-15,21H,6,11-12H2,1-2H3,(H,26,27)(H2,25,28,30). The van der Waals surface area contributed by atoms with Crippen molar-refractivity contribution in [3.63, 3.8) is 0 Å². The molecule has 0 saturated carbocycles. The van der Waals surface area contributed by atoms with Crippen molar-refractivity contribution in [1.29, 1.82) is 0 Å². The molecule has 3 N–H and O–H groups in total. The summed E-state index contributed by atoms with van der Waals surface area (Å²) < 4.78 is 7.23. The number of para-hydroxylation sites is 2. The number of benzene rings is 2. The van der Waals surface area contributed by atoms with Crippen molar-refractivity contribution >= 4 is 17.1 Å². The minimum Gasteiger partial charge on any atom is -0.497 e. The van der Waals surface area contributed by atoms with Gasteiger partial charge in [0.1, 0.15) is 23.4 Å². The summed E-state index contributed by atoms with van der Waals surface area (Å²) in [5.74, 6) is 2.39. The lowest BCUT2D eigenvalue weighted by Gasteiger charge is -2.20. The smallest absolute Gasteiger partial charge is 0.315 e. The quantitative estimate of drug-likeness (QED) is 0.383. The number of nitrogens with one attached hydrogen (secondary N) is 3. The van der Waals surface area contributed by atoms with Crippen molar-refractivity contribution in [2.24, 2.45) is 7.05 Å². The van der Waals surface area contributed by atoms with Crippen molar-refractivity contribution in [2.45, 2.75) is 18.9 Å². The molecule has 4 aromatic rings. The highest BCUT2D eigenvalue weighted by molar-refractivity contribution is 5.75. The van der Waals surface area contributed by atoms with E-state index in [4.69, 9.17) is 4.74 Å². The van der Waals surface area contributed by atoms with Crippen molar-refractivity contribution in [3.8, 4) is 5.75 Å². The molecule has 2 heterocycles. The number of aromatic amines is 1. The van der Waals surface area contributed by atoms with E-state index < -0.39 is 6.04 Å². The lowest BCUT2D eigenvalue weighted by molar-refractivity contribution is 0.238. The Labute approximate surface area is 180 Å². The Kier molecular flexibility index (Phi) is 6.16. The molecule has 2 amide bonds. The van der Waals surface area contributed by atoms with Gasteiger partial charge in [-0.15, -0.1) is 0 Å². The second-order valence-corrected chi connectivity index (χ2v) is 7.31. The van der Waals surface area contributed by atoms with E-state index in [1.54, 1.807) is 13.3 Å². The van der Waals surface area contributed by atoms with Crippen LogP contribution in [0.5, 0.6) is 5.75 Å². The predicted octanol–water partition coefficient (Wildman–Crippen LogP) is 3.33. The molecule has 2 aromatic heterocycles. The molecule has 0 saturated heterocycles. The Morgan fingerprint density at radius 3 is 2.87 bits per heavy atom. The molecule has 0 fully saturated rings. The molecule has 2 aromatic carbocycles. The number of urea groups is 1. The van der Waals surface area contributed by atoms with Crippen LogP contribution in [-0.2, 0) is 13.5 Å². The van der Waals surface area contributed by atoms with Crippen molar-refractivity contribution in [3.05, 3.63) is 78.1 Å². The number of hydrogen-bond donors (Lipinski definition) is 3. The van der Waals surface area contributed by atoms with Crippen molar-refractivity contribution in [2.75, 3.05) is 13.7 Å². The third kappa shape index (κ3) is 4.85. The van der Waals surface area contributed by atoms with Gasteiger partial charge in [0, 0.05) is 32.4 Å². The van der Waals surface area contributed by atoms with Gasteiger partial charge in [-0.1, -0.05) is 24.3 Å². The highest BCUT2D eigenvalue weighted by Gasteiger charge is 2.21.